The number of rotatable bonds is 7. The highest BCUT2D eigenvalue weighted by atomic mass is 79.9. The molecule has 1 aromatic rings. The predicted octanol–water partition coefficient (Wildman–Crippen LogP) is 3.95. The highest BCUT2D eigenvalue weighted by Crippen LogP contribution is 2.13. The van der Waals surface area contributed by atoms with Gasteiger partial charge in [0.25, 0.3) is 0 Å². The fourth-order valence-electron chi connectivity index (χ4n) is 2.31. The van der Waals surface area contributed by atoms with Crippen LogP contribution < -0.4 is 0 Å². The van der Waals surface area contributed by atoms with Gasteiger partial charge in [0.2, 0.25) is 5.91 Å². The molecule has 1 aromatic carbocycles. The number of benzene rings is 1. The molecule has 0 spiro atoms. The fraction of sp³-hybridized carbons (Fsp3) is 0.562. The summed E-state index contributed by atoms with van der Waals surface area (Å²) >= 11 is 3.45. The number of alkyl halides is 1. The minimum Gasteiger partial charge on any atom is -0.339 e. The molecule has 0 aromatic heterocycles. The van der Waals surface area contributed by atoms with Crippen LogP contribution in [-0.2, 0) is 11.2 Å². The number of hydrogen-bond donors (Lipinski definition) is 0. The average molecular weight is 326 g/mol. The van der Waals surface area contributed by atoms with Crippen molar-refractivity contribution in [2.75, 3.05) is 11.9 Å². The van der Waals surface area contributed by atoms with Gasteiger partial charge in [-0.2, -0.15) is 0 Å². The van der Waals surface area contributed by atoms with E-state index in [9.17, 15) is 4.79 Å². The second-order valence-corrected chi connectivity index (χ2v) is 5.70. The van der Waals surface area contributed by atoms with E-state index in [2.05, 4.69) is 48.8 Å². The Morgan fingerprint density at radius 1 is 1.21 bits per heavy atom. The van der Waals surface area contributed by atoms with Gasteiger partial charge in [-0.15, -0.1) is 0 Å². The van der Waals surface area contributed by atoms with Gasteiger partial charge in [0.15, 0.2) is 0 Å². The van der Waals surface area contributed by atoms with Crippen LogP contribution in [0, 0.1) is 6.92 Å². The Morgan fingerprint density at radius 3 is 2.26 bits per heavy atom. The van der Waals surface area contributed by atoms with Gasteiger partial charge in [0, 0.05) is 17.9 Å². The molecule has 0 aliphatic rings. The lowest BCUT2D eigenvalue weighted by atomic mass is 10.1. The van der Waals surface area contributed by atoms with Gasteiger partial charge < -0.3 is 4.90 Å². The minimum absolute atomic E-state index is 0.233. The number of amides is 1. The third-order valence-corrected chi connectivity index (χ3v) is 3.86. The summed E-state index contributed by atoms with van der Waals surface area (Å²) < 4.78 is 0. The van der Waals surface area contributed by atoms with Crippen molar-refractivity contribution in [3.8, 4) is 0 Å². The normalized spacial score (nSPS) is 10.8. The molecule has 0 unspecified atom stereocenters. The molecule has 0 N–H and O–H groups in total. The molecule has 19 heavy (non-hydrogen) atoms. The molecule has 2 nitrogen and oxygen atoms in total. The number of hydrogen-bond acceptors (Lipinski definition) is 1. The lowest BCUT2D eigenvalue weighted by molar-refractivity contribution is -0.132. The summed E-state index contributed by atoms with van der Waals surface area (Å²) in [7, 11) is 0. The highest BCUT2D eigenvalue weighted by Gasteiger charge is 2.20. The van der Waals surface area contributed by atoms with Crippen molar-refractivity contribution in [3.63, 3.8) is 0 Å². The summed E-state index contributed by atoms with van der Waals surface area (Å²) in [6.07, 6.45) is 2.54. The number of nitrogens with zero attached hydrogens (tertiary/aromatic N) is 1. The Kier molecular flexibility index (Phi) is 7.14. The molecule has 0 heterocycles. The summed E-state index contributed by atoms with van der Waals surface area (Å²) in [6, 6.07) is 8.58. The smallest absolute Gasteiger partial charge is 0.227 e. The summed E-state index contributed by atoms with van der Waals surface area (Å²) in [4.78, 5) is 14.5. The van der Waals surface area contributed by atoms with Crippen LogP contribution in [0.4, 0.5) is 0 Å². The summed E-state index contributed by atoms with van der Waals surface area (Å²) in [5.74, 6) is 0.233. The molecule has 0 bridgehead atoms. The molecule has 106 valence electrons. The first-order chi connectivity index (χ1) is 9.12. The quantitative estimate of drug-likeness (QED) is 0.695. The first-order valence-electron chi connectivity index (χ1n) is 7.03. The van der Waals surface area contributed by atoms with Crippen LogP contribution in [0.15, 0.2) is 24.3 Å². The highest BCUT2D eigenvalue weighted by molar-refractivity contribution is 9.09. The van der Waals surface area contributed by atoms with Crippen LogP contribution in [0.25, 0.3) is 0 Å². The number of aryl methyl sites for hydroxylation is 1. The van der Waals surface area contributed by atoms with Crippen molar-refractivity contribution in [3.05, 3.63) is 35.4 Å². The molecule has 0 fully saturated rings. The molecule has 0 saturated carbocycles. The predicted molar refractivity (Wildman–Crippen MR) is 84.8 cm³/mol. The maximum Gasteiger partial charge on any atom is 0.227 e. The van der Waals surface area contributed by atoms with Crippen molar-refractivity contribution in [1.29, 1.82) is 0 Å². The maximum atomic E-state index is 12.5. The van der Waals surface area contributed by atoms with Crippen molar-refractivity contribution >= 4 is 21.8 Å². The topological polar surface area (TPSA) is 20.3 Å². The van der Waals surface area contributed by atoms with E-state index in [4.69, 9.17) is 0 Å². The van der Waals surface area contributed by atoms with Crippen LogP contribution in [0.1, 0.15) is 37.8 Å². The van der Waals surface area contributed by atoms with E-state index >= 15 is 0 Å². The SMILES string of the molecule is CCC(CC)N(CCBr)C(=O)Cc1ccc(C)cc1. The lowest BCUT2D eigenvalue weighted by Gasteiger charge is -2.30. The van der Waals surface area contributed by atoms with Gasteiger partial charge in [-0.25, -0.2) is 0 Å². The Balaban J connectivity index is 2.73. The molecule has 1 rings (SSSR count). The van der Waals surface area contributed by atoms with E-state index in [0.717, 1.165) is 30.3 Å². The second-order valence-electron chi connectivity index (χ2n) is 4.91. The summed E-state index contributed by atoms with van der Waals surface area (Å²) in [5.41, 5.74) is 2.33. The molecule has 0 radical (unpaired) electrons. The van der Waals surface area contributed by atoms with Crippen molar-refractivity contribution in [2.24, 2.45) is 0 Å². The van der Waals surface area contributed by atoms with Gasteiger partial charge >= 0.3 is 0 Å². The zero-order valence-corrected chi connectivity index (χ0v) is 13.7. The van der Waals surface area contributed by atoms with Crippen LogP contribution in [0.2, 0.25) is 0 Å². The van der Waals surface area contributed by atoms with E-state index in [-0.39, 0.29) is 5.91 Å². The average Bonchev–Trinajstić information content (AvgIpc) is 2.41. The van der Waals surface area contributed by atoms with Gasteiger partial charge in [-0.05, 0) is 25.3 Å². The number of carbonyl (C=O) groups excluding carboxylic acids is 1. The molecule has 0 aliphatic heterocycles. The number of halogens is 1. The van der Waals surface area contributed by atoms with E-state index in [0.29, 0.717) is 12.5 Å². The van der Waals surface area contributed by atoms with Gasteiger partial charge in [-0.1, -0.05) is 59.6 Å². The van der Waals surface area contributed by atoms with E-state index in [1.807, 2.05) is 17.0 Å². The summed E-state index contributed by atoms with van der Waals surface area (Å²) in [5, 5.41) is 0.836. The molecule has 3 heteroatoms. The zero-order valence-electron chi connectivity index (χ0n) is 12.2. The standard InChI is InChI=1S/C16H24BrNO/c1-4-15(5-2)18(11-10-17)16(19)12-14-8-6-13(3)7-9-14/h6-9,15H,4-5,10-12H2,1-3H3. The Bertz CT molecular complexity index is 384. The van der Waals surface area contributed by atoms with Gasteiger partial charge in [0.1, 0.15) is 0 Å². The van der Waals surface area contributed by atoms with Crippen LogP contribution in [0.5, 0.6) is 0 Å². The van der Waals surface area contributed by atoms with E-state index in [1.165, 1.54) is 5.56 Å². The van der Waals surface area contributed by atoms with Gasteiger partial charge in [0.05, 0.1) is 6.42 Å². The van der Waals surface area contributed by atoms with Crippen LogP contribution in [-0.4, -0.2) is 28.7 Å². The molecule has 0 atom stereocenters. The Morgan fingerprint density at radius 2 is 1.79 bits per heavy atom. The Labute approximate surface area is 125 Å². The molecule has 0 aliphatic carbocycles. The lowest BCUT2D eigenvalue weighted by Crippen LogP contribution is -2.41. The number of carbonyl (C=O) groups is 1. The van der Waals surface area contributed by atoms with E-state index in [1.54, 1.807) is 0 Å². The zero-order chi connectivity index (χ0) is 14.3. The molecular weight excluding hydrogens is 302 g/mol. The fourth-order valence-corrected chi connectivity index (χ4v) is 2.70. The summed E-state index contributed by atoms with van der Waals surface area (Å²) in [6.45, 7) is 7.15. The largest absolute Gasteiger partial charge is 0.339 e. The third-order valence-electron chi connectivity index (χ3n) is 3.50. The van der Waals surface area contributed by atoms with Gasteiger partial charge in [-0.3, -0.25) is 4.79 Å². The third kappa shape index (κ3) is 4.98. The monoisotopic (exact) mass is 325 g/mol. The van der Waals surface area contributed by atoms with Crippen molar-refractivity contribution in [1.82, 2.24) is 4.90 Å². The van der Waals surface area contributed by atoms with E-state index < -0.39 is 0 Å². The van der Waals surface area contributed by atoms with Crippen LogP contribution >= 0.6 is 15.9 Å². The maximum absolute atomic E-state index is 12.5. The first kappa shape index (κ1) is 16.2. The van der Waals surface area contributed by atoms with Crippen molar-refractivity contribution < 1.29 is 4.79 Å². The molecule has 1 amide bonds. The molecular formula is C16H24BrNO. The van der Waals surface area contributed by atoms with Crippen molar-refractivity contribution in [2.45, 2.75) is 46.1 Å². The van der Waals surface area contributed by atoms with Crippen LogP contribution in [0.3, 0.4) is 0 Å². The first-order valence-corrected chi connectivity index (χ1v) is 8.15. The minimum atomic E-state index is 0.233. The molecule has 0 saturated heterocycles. The Hall–Kier alpha value is -0.830. The second kappa shape index (κ2) is 8.36.